The first-order chi connectivity index (χ1) is 9.24. The Hall–Kier alpha value is -1.14. The van der Waals surface area contributed by atoms with Crippen molar-refractivity contribution in [1.29, 1.82) is 0 Å². The van der Waals surface area contributed by atoms with Crippen molar-refractivity contribution in [2.45, 2.75) is 45.8 Å². The number of ether oxygens (including phenoxy) is 1. The second kappa shape index (κ2) is 5.69. The number of carbonyl (C=O) groups is 1. The van der Waals surface area contributed by atoms with Gasteiger partial charge in [0.15, 0.2) is 0 Å². The summed E-state index contributed by atoms with van der Waals surface area (Å²) in [6.07, 6.45) is 1.69. The van der Waals surface area contributed by atoms with Gasteiger partial charge in [-0.05, 0) is 27.7 Å². The fraction of sp³-hybridized carbons (Fsp3) is 0.714. The van der Waals surface area contributed by atoms with E-state index in [1.165, 1.54) is 0 Å². The minimum atomic E-state index is -0.508. The van der Waals surface area contributed by atoms with Crippen LogP contribution in [0.4, 0.5) is 4.79 Å². The van der Waals surface area contributed by atoms with Gasteiger partial charge in [-0.2, -0.15) is 0 Å². The average molecular weight is 298 g/mol. The maximum absolute atomic E-state index is 12.0. The summed E-state index contributed by atoms with van der Waals surface area (Å²) in [6.45, 7) is 8.39. The second-order valence-corrected chi connectivity index (χ2v) is 7.60. The molecule has 1 aliphatic rings. The topological polar surface area (TPSA) is 62.7 Å². The molecular formula is C14H22N2O3S. The fourth-order valence-electron chi connectivity index (χ4n) is 2.25. The smallest absolute Gasteiger partial charge is 0.410 e. The van der Waals surface area contributed by atoms with Gasteiger partial charge in [0.05, 0.1) is 17.7 Å². The summed E-state index contributed by atoms with van der Waals surface area (Å²) in [6, 6.07) is 0. The molecule has 5 nitrogen and oxygen atoms in total. The Balaban J connectivity index is 1.93. The molecule has 2 atom stereocenters. The zero-order chi connectivity index (χ0) is 14.9. The van der Waals surface area contributed by atoms with Gasteiger partial charge >= 0.3 is 6.09 Å². The zero-order valence-electron chi connectivity index (χ0n) is 12.4. The molecule has 0 unspecified atom stereocenters. The molecule has 0 saturated carbocycles. The number of aromatic nitrogens is 1. The van der Waals surface area contributed by atoms with Crippen LogP contribution in [0.3, 0.4) is 0 Å². The molecule has 0 aliphatic carbocycles. The molecule has 1 fully saturated rings. The van der Waals surface area contributed by atoms with Crippen LogP contribution >= 0.6 is 11.3 Å². The molecule has 2 heterocycles. The van der Waals surface area contributed by atoms with E-state index in [1.807, 2.05) is 33.9 Å². The highest BCUT2D eigenvalue weighted by atomic mass is 32.1. The van der Waals surface area contributed by atoms with Crippen molar-refractivity contribution in [1.82, 2.24) is 9.88 Å². The number of aryl methyl sites for hydroxylation is 1. The largest absolute Gasteiger partial charge is 0.444 e. The molecule has 1 saturated heterocycles. The maximum Gasteiger partial charge on any atom is 0.410 e. The summed E-state index contributed by atoms with van der Waals surface area (Å²) in [5.41, 5.74) is -0.507. The molecule has 112 valence electrons. The summed E-state index contributed by atoms with van der Waals surface area (Å²) in [4.78, 5) is 19.1. The Kier molecular flexibility index (Phi) is 4.34. The van der Waals surface area contributed by atoms with Crippen molar-refractivity contribution in [3.05, 3.63) is 16.1 Å². The van der Waals surface area contributed by atoms with Gasteiger partial charge in [0.25, 0.3) is 0 Å². The lowest BCUT2D eigenvalue weighted by Gasteiger charge is -2.24. The number of nitrogens with zero attached hydrogens (tertiary/aromatic N) is 2. The fourth-order valence-corrected chi connectivity index (χ4v) is 3.13. The number of hydrogen-bond donors (Lipinski definition) is 1. The minimum absolute atomic E-state index is 0.0352. The van der Waals surface area contributed by atoms with Crippen LogP contribution in [0, 0.1) is 12.8 Å². The maximum atomic E-state index is 12.0. The second-order valence-electron chi connectivity index (χ2n) is 6.28. The Morgan fingerprint density at radius 2 is 2.25 bits per heavy atom. The van der Waals surface area contributed by atoms with Gasteiger partial charge < -0.3 is 14.7 Å². The predicted molar refractivity (Wildman–Crippen MR) is 77.9 cm³/mol. The Morgan fingerprint density at radius 1 is 1.55 bits per heavy atom. The van der Waals surface area contributed by atoms with E-state index in [1.54, 1.807) is 16.2 Å². The number of carbonyl (C=O) groups excluding carboxylic acids is 1. The minimum Gasteiger partial charge on any atom is -0.444 e. The van der Waals surface area contributed by atoms with E-state index in [9.17, 15) is 9.90 Å². The van der Waals surface area contributed by atoms with E-state index < -0.39 is 11.7 Å². The Morgan fingerprint density at radius 3 is 2.80 bits per heavy atom. The normalized spacial score (nSPS) is 23.1. The molecule has 20 heavy (non-hydrogen) atoms. The van der Waals surface area contributed by atoms with E-state index in [0.717, 1.165) is 9.88 Å². The SMILES string of the molecule is Cc1cnc(C[C@@H]2CN(C(=O)OC(C)(C)C)C[C@H]2O)s1. The van der Waals surface area contributed by atoms with Crippen molar-refractivity contribution in [3.63, 3.8) is 0 Å². The first-order valence-corrected chi connectivity index (χ1v) is 7.63. The molecule has 1 N–H and O–H groups in total. The van der Waals surface area contributed by atoms with Crippen LogP contribution in [0.15, 0.2) is 6.20 Å². The molecule has 0 spiro atoms. The first kappa shape index (κ1) is 15.3. The number of amides is 1. The van der Waals surface area contributed by atoms with Crippen LogP contribution < -0.4 is 0 Å². The standard InChI is InChI=1S/C14H22N2O3S/c1-9-6-15-12(20-9)5-10-7-16(8-11(10)17)13(18)19-14(2,3)4/h6,10-11,17H,5,7-8H2,1-4H3/t10-,11-/m1/s1. The summed E-state index contributed by atoms with van der Waals surface area (Å²) >= 11 is 1.64. The van der Waals surface area contributed by atoms with Gasteiger partial charge in [0, 0.05) is 30.0 Å². The van der Waals surface area contributed by atoms with Crippen molar-refractivity contribution in [2.75, 3.05) is 13.1 Å². The van der Waals surface area contributed by atoms with Crippen LogP contribution in [0.25, 0.3) is 0 Å². The Bertz CT molecular complexity index is 481. The monoisotopic (exact) mass is 298 g/mol. The summed E-state index contributed by atoms with van der Waals surface area (Å²) in [7, 11) is 0. The van der Waals surface area contributed by atoms with Crippen LogP contribution in [0.1, 0.15) is 30.7 Å². The van der Waals surface area contributed by atoms with E-state index in [2.05, 4.69) is 4.98 Å². The third kappa shape index (κ3) is 3.93. The third-order valence-electron chi connectivity index (χ3n) is 3.16. The van der Waals surface area contributed by atoms with Gasteiger partial charge in [-0.15, -0.1) is 11.3 Å². The molecule has 0 bridgehead atoms. The van der Waals surface area contributed by atoms with Crippen molar-refractivity contribution in [2.24, 2.45) is 5.92 Å². The third-order valence-corrected chi connectivity index (χ3v) is 4.10. The van der Waals surface area contributed by atoms with Gasteiger partial charge in [-0.25, -0.2) is 9.78 Å². The first-order valence-electron chi connectivity index (χ1n) is 6.82. The number of thiazole rings is 1. The van der Waals surface area contributed by atoms with E-state index in [0.29, 0.717) is 19.5 Å². The van der Waals surface area contributed by atoms with Gasteiger partial charge in [-0.3, -0.25) is 0 Å². The summed E-state index contributed by atoms with van der Waals surface area (Å²) < 4.78 is 5.34. The number of hydrogen-bond acceptors (Lipinski definition) is 5. The molecule has 1 amide bonds. The molecule has 1 aromatic rings. The van der Waals surface area contributed by atoms with E-state index >= 15 is 0 Å². The van der Waals surface area contributed by atoms with E-state index in [4.69, 9.17) is 4.74 Å². The molecule has 1 aliphatic heterocycles. The molecule has 6 heteroatoms. The molecule has 0 aromatic carbocycles. The zero-order valence-corrected chi connectivity index (χ0v) is 13.2. The highest BCUT2D eigenvalue weighted by Gasteiger charge is 2.36. The quantitative estimate of drug-likeness (QED) is 0.909. The molecule has 2 rings (SSSR count). The summed E-state index contributed by atoms with van der Waals surface area (Å²) in [5.74, 6) is 0.0352. The van der Waals surface area contributed by atoms with Crippen molar-refractivity contribution < 1.29 is 14.6 Å². The lowest BCUT2D eigenvalue weighted by Crippen LogP contribution is -2.35. The van der Waals surface area contributed by atoms with Crippen LogP contribution in [-0.4, -0.2) is 45.9 Å². The average Bonchev–Trinajstić information content (AvgIpc) is 2.85. The van der Waals surface area contributed by atoms with Crippen LogP contribution in [0.2, 0.25) is 0 Å². The van der Waals surface area contributed by atoms with Crippen LogP contribution in [0.5, 0.6) is 0 Å². The van der Waals surface area contributed by atoms with Crippen molar-refractivity contribution >= 4 is 17.4 Å². The molecule has 0 radical (unpaired) electrons. The highest BCUT2D eigenvalue weighted by Crippen LogP contribution is 2.25. The van der Waals surface area contributed by atoms with Gasteiger partial charge in [0.1, 0.15) is 5.60 Å². The predicted octanol–water partition coefficient (Wildman–Crippen LogP) is 2.22. The summed E-state index contributed by atoms with van der Waals surface area (Å²) in [5, 5.41) is 11.1. The Labute approximate surface area is 123 Å². The van der Waals surface area contributed by atoms with Crippen LogP contribution in [-0.2, 0) is 11.2 Å². The number of aliphatic hydroxyl groups is 1. The molecular weight excluding hydrogens is 276 g/mol. The number of rotatable bonds is 2. The number of aliphatic hydroxyl groups excluding tert-OH is 1. The molecule has 1 aromatic heterocycles. The highest BCUT2D eigenvalue weighted by molar-refractivity contribution is 7.11. The number of β-amino-alcohol motifs (C(OH)–C–C–N with tert-alkyl or cyclic N) is 1. The van der Waals surface area contributed by atoms with Gasteiger partial charge in [-0.1, -0.05) is 0 Å². The van der Waals surface area contributed by atoms with E-state index in [-0.39, 0.29) is 12.0 Å². The lowest BCUT2D eigenvalue weighted by molar-refractivity contribution is 0.0269. The lowest BCUT2D eigenvalue weighted by atomic mass is 10.0. The van der Waals surface area contributed by atoms with Gasteiger partial charge in [0.2, 0.25) is 0 Å². The van der Waals surface area contributed by atoms with Crippen molar-refractivity contribution in [3.8, 4) is 0 Å². The number of likely N-dealkylation sites (tertiary alicyclic amines) is 1.